The van der Waals surface area contributed by atoms with E-state index in [0.717, 1.165) is 5.56 Å². The lowest BCUT2D eigenvalue weighted by atomic mass is 10.2. The molecule has 0 aliphatic rings. The summed E-state index contributed by atoms with van der Waals surface area (Å²) in [4.78, 5) is 0.0986. The number of nitrogens with two attached hydrogens (primary N) is 2. The molecule has 4 N–H and O–H groups in total. The summed E-state index contributed by atoms with van der Waals surface area (Å²) in [7, 11) is -3.86. The molecule has 0 saturated carbocycles. The van der Waals surface area contributed by atoms with Gasteiger partial charge in [0.25, 0.3) is 0 Å². The van der Waals surface area contributed by atoms with Crippen LogP contribution in [0.15, 0.2) is 63.6 Å². The number of nitrogens with zero attached hydrogens (tertiary/aromatic N) is 2. The van der Waals surface area contributed by atoms with E-state index in [1.54, 1.807) is 24.3 Å². The summed E-state index contributed by atoms with van der Waals surface area (Å²) in [6, 6.07) is 12.7. The summed E-state index contributed by atoms with van der Waals surface area (Å²) < 4.78 is 29.4. The van der Waals surface area contributed by atoms with Gasteiger partial charge < -0.3 is 15.7 Å². The minimum atomic E-state index is -3.86. The number of hydrogen-bond acceptors (Lipinski definition) is 5. The van der Waals surface area contributed by atoms with Crippen LogP contribution < -0.4 is 15.7 Å². The Hall–Kier alpha value is -2.87. The molecule has 0 aromatic heterocycles. The molecule has 7 nitrogen and oxygen atoms in total. The predicted molar refractivity (Wildman–Crippen MR) is 88.8 cm³/mol. The highest BCUT2D eigenvalue weighted by Crippen LogP contribution is 2.19. The highest BCUT2D eigenvalue weighted by atomic mass is 32.2. The van der Waals surface area contributed by atoms with Crippen molar-refractivity contribution in [3.05, 3.63) is 59.7 Å². The Bertz CT molecular complexity index is 822. The molecule has 0 atom stereocenters. The van der Waals surface area contributed by atoms with Crippen LogP contribution in [0, 0.1) is 6.92 Å². The number of aryl methyl sites for hydroxylation is 1. The molecular weight excluding hydrogens is 316 g/mol. The summed E-state index contributed by atoms with van der Waals surface area (Å²) in [5.41, 5.74) is 11.9. The molecule has 0 saturated heterocycles. The fourth-order valence-corrected chi connectivity index (χ4v) is 2.58. The van der Waals surface area contributed by atoms with Gasteiger partial charge in [0.15, 0.2) is 0 Å². The fourth-order valence-electron chi connectivity index (χ4n) is 1.65. The van der Waals surface area contributed by atoms with Crippen LogP contribution in [0.2, 0.25) is 0 Å². The SMILES string of the molecule is Cc1ccc(S(=O)(=O)Oc2ccc(/C=N/N=C(N)N)cc2)cc1. The number of hydrogen-bond donors (Lipinski definition) is 2. The van der Waals surface area contributed by atoms with Crippen molar-refractivity contribution in [1.29, 1.82) is 0 Å². The lowest BCUT2D eigenvalue weighted by molar-refractivity contribution is 0.486. The highest BCUT2D eigenvalue weighted by Gasteiger charge is 2.16. The number of benzene rings is 2. The first-order valence-electron chi connectivity index (χ1n) is 6.60. The first-order valence-corrected chi connectivity index (χ1v) is 8.01. The normalized spacial score (nSPS) is 11.3. The van der Waals surface area contributed by atoms with Crippen molar-refractivity contribution in [2.45, 2.75) is 11.8 Å². The minimum Gasteiger partial charge on any atom is -0.379 e. The van der Waals surface area contributed by atoms with Gasteiger partial charge in [0.1, 0.15) is 10.6 Å². The van der Waals surface area contributed by atoms with E-state index in [1.807, 2.05) is 6.92 Å². The molecule has 0 spiro atoms. The van der Waals surface area contributed by atoms with Crippen LogP contribution in [0.3, 0.4) is 0 Å². The molecule has 0 bridgehead atoms. The molecule has 0 fully saturated rings. The maximum Gasteiger partial charge on any atom is 0.339 e. The Balaban J connectivity index is 2.12. The Morgan fingerprint density at radius 2 is 1.65 bits per heavy atom. The standard InChI is InChI=1S/C15H16N4O3S/c1-11-2-8-14(9-3-11)23(20,21)22-13-6-4-12(5-7-13)10-18-19-15(16)17/h2-10H,1H3,(H4,16,17,19)/b18-10+. The molecule has 120 valence electrons. The topological polar surface area (TPSA) is 120 Å². The maximum atomic E-state index is 12.2. The van der Waals surface area contributed by atoms with Crippen LogP contribution in [0.1, 0.15) is 11.1 Å². The molecule has 23 heavy (non-hydrogen) atoms. The average Bonchev–Trinajstić information content (AvgIpc) is 2.49. The van der Waals surface area contributed by atoms with Gasteiger partial charge in [-0.15, -0.1) is 5.10 Å². The zero-order valence-corrected chi connectivity index (χ0v) is 13.2. The first-order chi connectivity index (χ1) is 10.9. The highest BCUT2D eigenvalue weighted by molar-refractivity contribution is 7.87. The van der Waals surface area contributed by atoms with Gasteiger partial charge in [0.05, 0.1) is 6.21 Å². The third kappa shape index (κ3) is 4.82. The van der Waals surface area contributed by atoms with Crippen LogP contribution in [-0.4, -0.2) is 20.6 Å². The van der Waals surface area contributed by atoms with E-state index in [9.17, 15) is 8.42 Å². The van der Waals surface area contributed by atoms with Crippen LogP contribution in [0.25, 0.3) is 0 Å². The summed E-state index contributed by atoms with van der Waals surface area (Å²) >= 11 is 0. The van der Waals surface area contributed by atoms with Gasteiger partial charge in [-0.05, 0) is 48.9 Å². The van der Waals surface area contributed by atoms with Gasteiger partial charge >= 0.3 is 10.1 Å². The second-order valence-corrected chi connectivity index (χ2v) is 6.24. The van der Waals surface area contributed by atoms with Gasteiger partial charge in [0.2, 0.25) is 5.96 Å². The second kappa shape index (κ2) is 6.93. The zero-order valence-electron chi connectivity index (χ0n) is 12.4. The van der Waals surface area contributed by atoms with E-state index in [4.69, 9.17) is 15.7 Å². The van der Waals surface area contributed by atoms with E-state index in [2.05, 4.69) is 10.2 Å². The Morgan fingerprint density at radius 3 is 2.22 bits per heavy atom. The fraction of sp³-hybridized carbons (Fsp3) is 0.0667. The Labute approximate surface area is 134 Å². The van der Waals surface area contributed by atoms with Crippen LogP contribution in [0.5, 0.6) is 5.75 Å². The molecule has 0 amide bonds. The van der Waals surface area contributed by atoms with Crippen molar-refractivity contribution >= 4 is 22.3 Å². The summed E-state index contributed by atoms with van der Waals surface area (Å²) in [6.07, 6.45) is 1.43. The average molecular weight is 332 g/mol. The lowest BCUT2D eigenvalue weighted by Crippen LogP contribution is -2.21. The monoisotopic (exact) mass is 332 g/mol. The Kier molecular flexibility index (Phi) is 4.97. The van der Waals surface area contributed by atoms with Crippen molar-refractivity contribution in [2.24, 2.45) is 21.7 Å². The maximum absolute atomic E-state index is 12.2. The molecular formula is C15H16N4O3S. The molecule has 2 aromatic rings. The molecule has 2 aromatic carbocycles. The molecule has 0 aliphatic carbocycles. The first kappa shape index (κ1) is 16.5. The predicted octanol–water partition coefficient (Wildman–Crippen LogP) is 1.37. The number of guanidine groups is 1. The Morgan fingerprint density at radius 1 is 1.04 bits per heavy atom. The van der Waals surface area contributed by atoms with Crippen molar-refractivity contribution in [3.8, 4) is 5.75 Å². The zero-order chi connectivity index (χ0) is 16.9. The smallest absolute Gasteiger partial charge is 0.339 e. The molecule has 2 rings (SSSR count). The molecule has 0 radical (unpaired) electrons. The van der Waals surface area contributed by atoms with Gasteiger partial charge in [0, 0.05) is 0 Å². The number of rotatable bonds is 5. The van der Waals surface area contributed by atoms with E-state index in [0.29, 0.717) is 5.56 Å². The van der Waals surface area contributed by atoms with Gasteiger partial charge in [-0.3, -0.25) is 0 Å². The quantitative estimate of drug-likeness (QED) is 0.371. The van der Waals surface area contributed by atoms with Gasteiger partial charge in [-0.25, -0.2) is 0 Å². The third-order valence-corrected chi connectivity index (χ3v) is 4.04. The van der Waals surface area contributed by atoms with E-state index in [-0.39, 0.29) is 16.6 Å². The van der Waals surface area contributed by atoms with E-state index >= 15 is 0 Å². The van der Waals surface area contributed by atoms with E-state index in [1.165, 1.54) is 30.5 Å². The van der Waals surface area contributed by atoms with Crippen molar-refractivity contribution in [1.82, 2.24) is 0 Å². The lowest BCUT2D eigenvalue weighted by Gasteiger charge is -2.07. The van der Waals surface area contributed by atoms with Gasteiger partial charge in [-0.1, -0.05) is 17.7 Å². The van der Waals surface area contributed by atoms with Crippen molar-refractivity contribution in [3.63, 3.8) is 0 Å². The second-order valence-electron chi connectivity index (χ2n) is 4.69. The molecule has 0 heterocycles. The minimum absolute atomic E-state index is 0.0986. The third-order valence-electron chi connectivity index (χ3n) is 2.78. The van der Waals surface area contributed by atoms with Crippen molar-refractivity contribution in [2.75, 3.05) is 0 Å². The van der Waals surface area contributed by atoms with Crippen LogP contribution >= 0.6 is 0 Å². The molecule has 0 unspecified atom stereocenters. The van der Waals surface area contributed by atoms with Crippen molar-refractivity contribution < 1.29 is 12.6 Å². The summed E-state index contributed by atoms with van der Waals surface area (Å²) in [6.45, 7) is 1.87. The van der Waals surface area contributed by atoms with Crippen LogP contribution in [-0.2, 0) is 10.1 Å². The van der Waals surface area contributed by atoms with Crippen LogP contribution in [0.4, 0.5) is 0 Å². The molecule has 8 heteroatoms. The molecule has 0 aliphatic heterocycles. The van der Waals surface area contributed by atoms with E-state index < -0.39 is 10.1 Å². The largest absolute Gasteiger partial charge is 0.379 e. The van der Waals surface area contributed by atoms with Gasteiger partial charge in [-0.2, -0.15) is 13.5 Å². The summed E-state index contributed by atoms with van der Waals surface area (Å²) in [5, 5.41) is 7.12. The summed E-state index contributed by atoms with van der Waals surface area (Å²) in [5.74, 6) is 0.0509.